The van der Waals surface area contributed by atoms with Crippen LogP contribution in [0.3, 0.4) is 0 Å². The number of aliphatic hydroxyl groups excluding tert-OH is 2. The van der Waals surface area contributed by atoms with Crippen LogP contribution in [0.2, 0.25) is 0 Å². The minimum Gasteiger partial charge on any atom is -0.386 e. The molecule has 1 aliphatic rings. The Morgan fingerprint density at radius 1 is 1.30 bits per heavy atom. The van der Waals surface area contributed by atoms with Gasteiger partial charge in [0.2, 0.25) is 0 Å². The smallest absolute Gasteiger partial charge is 0.182 e. The number of aliphatic hydroxyl groups is 2. The van der Waals surface area contributed by atoms with Gasteiger partial charge in [0.15, 0.2) is 6.29 Å². The maximum atomic E-state index is 9.03. The molecule has 0 amide bonds. The molecule has 0 bridgehead atoms. The monoisotopic (exact) mass is 186 g/mol. The molecular weight excluding hydrogens is 179 g/mol. The van der Waals surface area contributed by atoms with Gasteiger partial charge in [-0.1, -0.05) is 0 Å². The summed E-state index contributed by atoms with van der Waals surface area (Å²) in [5.41, 5.74) is 0. The van der Waals surface area contributed by atoms with Crippen LogP contribution in [0.5, 0.6) is 0 Å². The van der Waals surface area contributed by atoms with Gasteiger partial charge in [0.1, 0.15) is 6.10 Å². The molecule has 0 spiro atoms. The van der Waals surface area contributed by atoms with Gasteiger partial charge in [-0.15, -0.1) is 23.2 Å². The van der Waals surface area contributed by atoms with Crippen LogP contribution in [0.25, 0.3) is 0 Å². The van der Waals surface area contributed by atoms with Crippen molar-refractivity contribution < 1.29 is 14.9 Å². The fourth-order valence-corrected chi connectivity index (χ4v) is 1.17. The predicted octanol–water partition coefficient (Wildman–Crippen LogP) is -0.0893. The Morgan fingerprint density at radius 3 is 2.40 bits per heavy atom. The van der Waals surface area contributed by atoms with E-state index >= 15 is 0 Å². The van der Waals surface area contributed by atoms with Gasteiger partial charge >= 0.3 is 0 Å². The van der Waals surface area contributed by atoms with Crippen LogP contribution >= 0.6 is 23.2 Å². The molecule has 4 unspecified atom stereocenters. The molecule has 60 valence electrons. The lowest BCUT2D eigenvalue weighted by Crippen LogP contribution is -2.48. The second-order valence-corrected chi connectivity index (χ2v) is 3.24. The van der Waals surface area contributed by atoms with E-state index in [1.54, 1.807) is 0 Å². The molecule has 0 saturated carbocycles. The summed E-state index contributed by atoms with van der Waals surface area (Å²) < 4.78 is 4.66. The third-order valence-corrected chi connectivity index (χ3v) is 2.48. The van der Waals surface area contributed by atoms with Crippen LogP contribution in [-0.2, 0) is 4.74 Å². The van der Waals surface area contributed by atoms with Gasteiger partial charge in [0.05, 0.1) is 17.4 Å². The fraction of sp³-hybridized carbons (Fsp3) is 1.00. The van der Waals surface area contributed by atoms with E-state index in [-0.39, 0.29) is 6.61 Å². The first-order valence-electron chi connectivity index (χ1n) is 2.89. The van der Waals surface area contributed by atoms with Gasteiger partial charge in [-0.05, 0) is 0 Å². The molecule has 0 radical (unpaired) electrons. The molecule has 1 heterocycles. The highest BCUT2D eigenvalue weighted by molar-refractivity contribution is 6.30. The van der Waals surface area contributed by atoms with E-state index in [1.165, 1.54) is 0 Å². The molecule has 3 nitrogen and oxygen atoms in total. The third-order valence-electron chi connectivity index (χ3n) is 1.39. The molecule has 4 atom stereocenters. The Bertz CT molecular complexity index is 107. The summed E-state index contributed by atoms with van der Waals surface area (Å²) in [5.74, 6) is 0. The van der Waals surface area contributed by atoms with Crippen molar-refractivity contribution in [3.8, 4) is 0 Å². The highest BCUT2D eigenvalue weighted by atomic mass is 35.5. The Morgan fingerprint density at radius 2 is 1.90 bits per heavy atom. The summed E-state index contributed by atoms with van der Waals surface area (Å²) in [6, 6.07) is 0. The first-order valence-corrected chi connectivity index (χ1v) is 3.76. The van der Waals surface area contributed by atoms with Crippen LogP contribution < -0.4 is 0 Å². The van der Waals surface area contributed by atoms with Gasteiger partial charge in [-0.3, -0.25) is 0 Å². The molecule has 1 aliphatic heterocycles. The van der Waals surface area contributed by atoms with Crippen molar-refractivity contribution in [2.45, 2.75) is 23.1 Å². The van der Waals surface area contributed by atoms with Gasteiger partial charge < -0.3 is 14.9 Å². The van der Waals surface area contributed by atoms with E-state index in [1.807, 2.05) is 0 Å². The SMILES string of the molecule is OC1OCC(Cl)C(Cl)C1O. The van der Waals surface area contributed by atoms with E-state index in [2.05, 4.69) is 4.74 Å². The fourth-order valence-electron chi connectivity index (χ4n) is 0.752. The van der Waals surface area contributed by atoms with Gasteiger partial charge in [-0.25, -0.2) is 0 Å². The number of ether oxygens (including phenoxy) is 1. The van der Waals surface area contributed by atoms with Crippen LogP contribution in [0.1, 0.15) is 0 Å². The zero-order valence-corrected chi connectivity index (χ0v) is 6.59. The highest BCUT2D eigenvalue weighted by Crippen LogP contribution is 2.22. The summed E-state index contributed by atoms with van der Waals surface area (Å²) >= 11 is 11.2. The maximum Gasteiger partial charge on any atom is 0.182 e. The summed E-state index contributed by atoms with van der Waals surface area (Å²) in [6.45, 7) is 0.175. The lowest BCUT2D eigenvalue weighted by atomic mass is 10.1. The zero-order chi connectivity index (χ0) is 7.72. The molecule has 10 heavy (non-hydrogen) atoms. The van der Waals surface area contributed by atoms with E-state index in [0.29, 0.717) is 0 Å². The van der Waals surface area contributed by atoms with Crippen LogP contribution in [-0.4, -0.2) is 40.0 Å². The van der Waals surface area contributed by atoms with Crippen molar-refractivity contribution in [2.24, 2.45) is 0 Å². The van der Waals surface area contributed by atoms with Crippen molar-refractivity contribution >= 4 is 23.2 Å². The molecular formula is C5H8Cl2O3. The molecule has 5 heteroatoms. The second kappa shape index (κ2) is 3.24. The van der Waals surface area contributed by atoms with Crippen LogP contribution in [0.15, 0.2) is 0 Å². The lowest BCUT2D eigenvalue weighted by Gasteiger charge is -2.31. The molecule has 0 aromatic carbocycles. The average molecular weight is 187 g/mol. The number of rotatable bonds is 0. The van der Waals surface area contributed by atoms with Crippen molar-refractivity contribution in [3.05, 3.63) is 0 Å². The largest absolute Gasteiger partial charge is 0.386 e. The van der Waals surface area contributed by atoms with Gasteiger partial charge in [-0.2, -0.15) is 0 Å². The Hall–Kier alpha value is 0.460. The van der Waals surface area contributed by atoms with E-state index < -0.39 is 23.1 Å². The van der Waals surface area contributed by atoms with Crippen LogP contribution in [0, 0.1) is 0 Å². The van der Waals surface area contributed by atoms with E-state index in [4.69, 9.17) is 33.4 Å². The van der Waals surface area contributed by atoms with E-state index in [0.717, 1.165) is 0 Å². The quantitative estimate of drug-likeness (QED) is 0.521. The summed E-state index contributed by atoms with van der Waals surface area (Å²) in [7, 11) is 0. The topological polar surface area (TPSA) is 49.7 Å². The second-order valence-electron chi connectivity index (χ2n) is 2.17. The van der Waals surface area contributed by atoms with Crippen molar-refractivity contribution in [2.75, 3.05) is 6.61 Å². The standard InChI is InChI=1S/C5H8Cl2O3/c6-2-1-10-5(9)4(8)3(2)7/h2-5,8-9H,1H2. The minimum absolute atomic E-state index is 0.175. The Labute approximate surface area is 68.5 Å². The zero-order valence-electron chi connectivity index (χ0n) is 5.08. The molecule has 0 aromatic rings. The summed E-state index contributed by atoms with van der Waals surface area (Å²) in [6.07, 6.45) is -2.28. The van der Waals surface area contributed by atoms with Crippen LogP contribution in [0.4, 0.5) is 0 Å². The molecule has 2 N–H and O–H groups in total. The lowest BCUT2D eigenvalue weighted by molar-refractivity contribution is -0.181. The first-order chi connectivity index (χ1) is 4.63. The van der Waals surface area contributed by atoms with Crippen molar-refractivity contribution in [1.29, 1.82) is 0 Å². The molecule has 0 aromatic heterocycles. The average Bonchev–Trinajstić information content (AvgIpc) is 1.93. The minimum atomic E-state index is -1.20. The summed E-state index contributed by atoms with van der Waals surface area (Å²) in [4.78, 5) is 0. The number of hydrogen-bond donors (Lipinski definition) is 2. The molecule has 1 rings (SSSR count). The van der Waals surface area contributed by atoms with Crippen molar-refractivity contribution in [1.82, 2.24) is 0 Å². The van der Waals surface area contributed by atoms with Gasteiger partial charge in [0.25, 0.3) is 0 Å². The first kappa shape index (κ1) is 8.56. The number of alkyl halides is 2. The highest BCUT2D eigenvalue weighted by Gasteiger charge is 2.36. The third kappa shape index (κ3) is 1.54. The van der Waals surface area contributed by atoms with E-state index in [9.17, 15) is 0 Å². The molecule has 1 saturated heterocycles. The molecule has 0 aliphatic carbocycles. The number of halogens is 2. The van der Waals surface area contributed by atoms with Gasteiger partial charge in [0, 0.05) is 0 Å². The number of hydrogen-bond acceptors (Lipinski definition) is 3. The molecule has 1 fully saturated rings. The maximum absolute atomic E-state index is 9.03. The predicted molar refractivity (Wildman–Crippen MR) is 37.2 cm³/mol. The van der Waals surface area contributed by atoms with Crippen molar-refractivity contribution in [3.63, 3.8) is 0 Å². The Balaban J connectivity index is 2.52. The Kier molecular flexibility index (Phi) is 2.77. The normalized spacial score (nSPS) is 49.2. The summed E-state index contributed by atoms with van der Waals surface area (Å²) in [5, 5.41) is 16.8.